The van der Waals surface area contributed by atoms with E-state index in [1.165, 1.54) is 0 Å². The molecule has 0 radical (unpaired) electrons. The van der Waals surface area contributed by atoms with Crippen LogP contribution in [0.2, 0.25) is 0 Å². The minimum absolute atomic E-state index is 0.296. The molecule has 82 valence electrons. The lowest BCUT2D eigenvalue weighted by molar-refractivity contribution is 0.178. The Morgan fingerprint density at radius 3 is 1.43 bits per heavy atom. The van der Waals surface area contributed by atoms with Gasteiger partial charge in [0.2, 0.25) is 0 Å². The standard InChI is InChI=1S/C3H5NO2.4CH3N/c5-3-4-1-2-6-3;4*1-2/h1-2H2,(H,4,5);4*2H,1H2. The van der Waals surface area contributed by atoms with Gasteiger partial charge in [0.25, 0.3) is 0 Å². The van der Waals surface area contributed by atoms with Gasteiger partial charge in [0, 0.05) is 0 Å². The highest BCUT2D eigenvalue weighted by molar-refractivity contribution is 5.68. The molecule has 0 bridgehead atoms. The van der Waals surface area contributed by atoms with E-state index < -0.39 is 0 Å². The van der Waals surface area contributed by atoms with Crippen molar-refractivity contribution < 1.29 is 9.53 Å². The van der Waals surface area contributed by atoms with Crippen LogP contribution < -0.4 is 5.32 Å². The summed E-state index contributed by atoms with van der Waals surface area (Å²) in [6.45, 7) is 11.2. The van der Waals surface area contributed by atoms with Crippen LogP contribution in [-0.4, -0.2) is 46.1 Å². The van der Waals surface area contributed by atoms with Gasteiger partial charge in [-0.15, -0.1) is 0 Å². The third kappa shape index (κ3) is 32.5. The fourth-order valence-electron chi connectivity index (χ4n) is 0.348. The van der Waals surface area contributed by atoms with E-state index in [4.69, 9.17) is 21.6 Å². The largest absolute Gasteiger partial charge is 0.448 e. The molecule has 5 N–H and O–H groups in total. The number of ether oxygens (including phenoxy) is 1. The fraction of sp³-hybridized carbons (Fsp3) is 0.286. The first-order valence-electron chi connectivity index (χ1n) is 3.21. The van der Waals surface area contributed by atoms with Crippen LogP contribution in [0.15, 0.2) is 0 Å². The van der Waals surface area contributed by atoms with Crippen molar-refractivity contribution in [3.05, 3.63) is 0 Å². The SMILES string of the molecule is C=N.C=N.C=N.C=N.O=C1NCCO1. The minimum Gasteiger partial charge on any atom is -0.448 e. The first-order valence-corrected chi connectivity index (χ1v) is 3.21. The van der Waals surface area contributed by atoms with Crippen molar-refractivity contribution in [2.75, 3.05) is 13.2 Å². The Hall–Kier alpha value is -2.05. The van der Waals surface area contributed by atoms with E-state index in [0.29, 0.717) is 13.2 Å². The zero-order valence-corrected chi connectivity index (χ0v) is 8.06. The van der Waals surface area contributed by atoms with Crippen molar-refractivity contribution in [3.63, 3.8) is 0 Å². The molecule has 14 heavy (non-hydrogen) atoms. The third-order valence-corrected chi connectivity index (χ3v) is 0.605. The summed E-state index contributed by atoms with van der Waals surface area (Å²) >= 11 is 0. The van der Waals surface area contributed by atoms with Gasteiger partial charge in [0.05, 0.1) is 6.54 Å². The summed E-state index contributed by atoms with van der Waals surface area (Å²) in [7, 11) is 0. The normalized spacial score (nSPS) is 9.57. The molecule has 1 fully saturated rings. The molecule has 1 heterocycles. The molecule has 7 nitrogen and oxygen atoms in total. The summed E-state index contributed by atoms with van der Waals surface area (Å²) in [5.74, 6) is 0. The van der Waals surface area contributed by atoms with Gasteiger partial charge in [-0.1, -0.05) is 0 Å². The molecular weight excluding hydrogens is 186 g/mol. The van der Waals surface area contributed by atoms with E-state index >= 15 is 0 Å². The Kier molecular flexibility index (Phi) is 71.6. The Morgan fingerprint density at radius 1 is 1.00 bits per heavy atom. The molecule has 0 atom stereocenters. The molecule has 0 aromatic carbocycles. The monoisotopic (exact) mass is 203 g/mol. The second-order valence-electron chi connectivity index (χ2n) is 1.06. The minimum atomic E-state index is -0.296. The van der Waals surface area contributed by atoms with Crippen LogP contribution in [0.3, 0.4) is 0 Å². The molecule has 1 rings (SSSR count). The number of cyclic esters (lactones) is 1. The Labute approximate surface area is 83.5 Å². The molecule has 0 spiro atoms. The summed E-state index contributed by atoms with van der Waals surface area (Å²) in [6.07, 6.45) is -0.296. The molecule has 0 saturated carbocycles. The Bertz CT molecular complexity index is 107. The first kappa shape index (κ1) is 22.7. The quantitative estimate of drug-likeness (QED) is 0.372. The lowest BCUT2D eigenvalue weighted by atomic mass is 10.7. The van der Waals surface area contributed by atoms with E-state index in [0.717, 1.165) is 0 Å². The predicted octanol–water partition coefficient (Wildman–Crippen LogP) is 0.789. The van der Waals surface area contributed by atoms with E-state index in [9.17, 15) is 4.79 Å². The lowest BCUT2D eigenvalue weighted by Gasteiger charge is -1.80. The van der Waals surface area contributed by atoms with E-state index in [1.807, 2.05) is 0 Å². The van der Waals surface area contributed by atoms with Gasteiger partial charge in [-0.2, -0.15) is 0 Å². The van der Waals surface area contributed by atoms with E-state index in [1.54, 1.807) is 0 Å². The van der Waals surface area contributed by atoms with Crippen molar-refractivity contribution in [1.82, 2.24) is 5.32 Å². The highest BCUT2D eigenvalue weighted by atomic mass is 16.6. The van der Waals surface area contributed by atoms with Crippen molar-refractivity contribution >= 4 is 33.0 Å². The molecule has 1 aliphatic rings. The van der Waals surface area contributed by atoms with Crippen LogP contribution in [0.25, 0.3) is 0 Å². The number of amides is 1. The summed E-state index contributed by atoms with van der Waals surface area (Å²) in [4.78, 5) is 9.91. The molecule has 0 unspecified atom stereocenters. The maximum absolute atomic E-state index is 9.91. The lowest BCUT2D eigenvalue weighted by Crippen LogP contribution is -2.11. The van der Waals surface area contributed by atoms with Gasteiger partial charge in [0.1, 0.15) is 6.61 Å². The van der Waals surface area contributed by atoms with Crippen LogP contribution in [0.4, 0.5) is 4.79 Å². The molecule has 7 heteroatoms. The first-order chi connectivity index (χ1) is 6.89. The number of hydrogen-bond acceptors (Lipinski definition) is 6. The van der Waals surface area contributed by atoms with Crippen molar-refractivity contribution in [2.24, 2.45) is 0 Å². The number of rotatable bonds is 0. The Morgan fingerprint density at radius 2 is 1.36 bits per heavy atom. The highest BCUT2D eigenvalue weighted by Crippen LogP contribution is 1.82. The number of hydrogen-bond donors (Lipinski definition) is 5. The highest BCUT2D eigenvalue weighted by Gasteiger charge is 2.06. The number of alkyl carbamates (subject to hydrolysis) is 1. The summed E-state index contributed by atoms with van der Waals surface area (Å²) in [5, 5.41) is 24.5. The molecule has 0 aromatic heterocycles. The molecule has 0 aliphatic carbocycles. The van der Waals surface area contributed by atoms with Gasteiger partial charge < -0.3 is 31.7 Å². The number of carbonyl (C=O) groups is 1. The molecule has 1 amide bonds. The molecule has 1 aliphatic heterocycles. The van der Waals surface area contributed by atoms with E-state index in [-0.39, 0.29) is 6.09 Å². The van der Waals surface area contributed by atoms with Crippen molar-refractivity contribution in [1.29, 1.82) is 21.6 Å². The summed E-state index contributed by atoms with van der Waals surface area (Å²) in [5.41, 5.74) is 0. The van der Waals surface area contributed by atoms with Crippen molar-refractivity contribution in [2.45, 2.75) is 0 Å². The van der Waals surface area contributed by atoms with Crippen LogP contribution in [-0.2, 0) is 4.74 Å². The Balaban J connectivity index is -0.0000000542. The summed E-state index contributed by atoms with van der Waals surface area (Å²) in [6, 6.07) is 0. The zero-order chi connectivity index (χ0) is 12.4. The van der Waals surface area contributed by atoms with Gasteiger partial charge in [-0.25, -0.2) is 4.79 Å². The fourth-order valence-corrected chi connectivity index (χ4v) is 0.348. The average Bonchev–Trinajstić information content (AvgIpc) is 2.80. The van der Waals surface area contributed by atoms with Gasteiger partial charge in [-0.3, -0.25) is 0 Å². The molecule has 0 aromatic rings. The topological polar surface area (TPSA) is 134 Å². The number of nitrogens with one attached hydrogen (secondary N) is 5. The maximum atomic E-state index is 9.91. The zero-order valence-electron chi connectivity index (χ0n) is 8.06. The van der Waals surface area contributed by atoms with Crippen molar-refractivity contribution in [3.8, 4) is 0 Å². The number of carbonyl (C=O) groups excluding carboxylic acids is 1. The van der Waals surface area contributed by atoms with Crippen LogP contribution in [0.5, 0.6) is 0 Å². The third-order valence-electron chi connectivity index (χ3n) is 0.605. The predicted molar refractivity (Wildman–Crippen MR) is 58.7 cm³/mol. The molecule has 1 saturated heterocycles. The van der Waals surface area contributed by atoms with Crippen LogP contribution >= 0.6 is 0 Å². The van der Waals surface area contributed by atoms with Crippen LogP contribution in [0, 0.1) is 21.6 Å². The van der Waals surface area contributed by atoms with Gasteiger partial charge in [-0.05, 0) is 26.9 Å². The van der Waals surface area contributed by atoms with Gasteiger partial charge in [0.15, 0.2) is 0 Å². The average molecular weight is 203 g/mol. The van der Waals surface area contributed by atoms with E-state index in [2.05, 4.69) is 36.9 Å². The second-order valence-corrected chi connectivity index (χ2v) is 1.06. The maximum Gasteiger partial charge on any atom is 0.407 e. The summed E-state index contributed by atoms with van der Waals surface area (Å²) < 4.78 is 4.40. The smallest absolute Gasteiger partial charge is 0.407 e. The second kappa shape index (κ2) is 44.2. The van der Waals surface area contributed by atoms with Crippen LogP contribution in [0.1, 0.15) is 0 Å². The van der Waals surface area contributed by atoms with Gasteiger partial charge >= 0.3 is 6.09 Å². The molecular formula is C7H17N5O2.